The van der Waals surface area contributed by atoms with Gasteiger partial charge >= 0.3 is 6.09 Å². The maximum atomic E-state index is 12.2. The van der Waals surface area contributed by atoms with E-state index in [-0.39, 0.29) is 12.1 Å². The van der Waals surface area contributed by atoms with Crippen molar-refractivity contribution in [2.24, 2.45) is 0 Å². The van der Waals surface area contributed by atoms with Crippen molar-refractivity contribution < 1.29 is 14.6 Å². The predicted octanol–water partition coefficient (Wildman–Crippen LogP) is 2.60. The number of hydrogen-bond acceptors (Lipinski definition) is 3. The van der Waals surface area contributed by atoms with Crippen LogP contribution in [0.2, 0.25) is 0 Å². The zero-order valence-electron chi connectivity index (χ0n) is 12.4. The molecule has 2 rings (SSSR count). The Morgan fingerprint density at radius 3 is 2.60 bits per heavy atom. The Bertz CT molecular complexity index is 453. The van der Waals surface area contributed by atoms with Gasteiger partial charge in [0.15, 0.2) is 0 Å². The standard InChI is InChI=1S/C16H23NO3/c1-16(2,3)20-15(19)17-10-9-14(18)13(17)11-12-7-5-4-6-8-12/h4-8,13-14,18H,9-11H2,1-3H3/t13-,14+/m0/s1. The predicted molar refractivity (Wildman–Crippen MR) is 77.5 cm³/mol. The fourth-order valence-corrected chi connectivity index (χ4v) is 2.49. The Morgan fingerprint density at radius 1 is 1.35 bits per heavy atom. The normalized spacial score (nSPS) is 22.9. The minimum atomic E-state index is -0.512. The number of carbonyl (C=O) groups is 1. The molecule has 0 saturated carbocycles. The molecule has 0 spiro atoms. The van der Waals surface area contributed by atoms with Crippen LogP contribution in [0.1, 0.15) is 32.8 Å². The molecule has 0 aromatic heterocycles. The molecule has 0 unspecified atom stereocenters. The van der Waals surface area contributed by atoms with Crippen LogP contribution >= 0.6 is 0 Å². The molecule has 20 heavy (non-hydrogen) atoms. The van der Waals surface area contributed by atoms with E-state index in [0.717, 1.165) is 5.56 Å². The van der Waals surface area contributed by atoms with Crippen LogP contribution in [0.5, 0.6) is 0 Å². The van der Waals surface area contributed by atoms with E-state index >= 15 is 0 Å². The lowest BCUT2D eigenvalue weighted by atomic mass is 10.0. The van der Waals surface area contributed by atoms with Gasteiger partial charge in [-0.1, -0.05) is 30.3 Å². The summed E-state index contributed by atoms with van der Waals surface area (Å²) in [5, 5.41) is 10.1. The SMILES string of the molecule is CC(C)(C)OC(=O)N1CC[C@@H](O)[C@@H]1Cc1ccccc1. The van der Waals surface area contributed by atoms with E-state index < -0.39 is 11.7 Å². The first-order chi connectivity index (χ1) is 9.37. The van der Waals surface area contributed by atoms with Crippen LogP contribution in [0.3, 0.4) is 0 Å². The maximum absolute atomic E-state index is 12.2. The average molecular weight is 277 g/mol. The first-order valence-electron chi connectivity index (χ1n) is 7.08. The zero-order chi connectivity index (χ0) is 14.8. The Balaban J connectivity index is 2.07. The van der Waals surface area contributed by atoms with Gasteiger partial charge in [0.1, 0.15) is 5.60 Å². The van der Waals surface area contributed by atoms with Gasteiger partial charge in [-0.05, 0) is 39.2 Å². The molecule has 1 aromatic carbocycles. The van der Waals surface area contributed by atoms with E-state index in [1.165, 1.54) is 0 Å². The van der Waals surface area contributed by atoms with Gasteiger partial charge < -0.3 is 14.7 Å². The van der Waals surface area contributed by atoms with Crippen LogP contribution < -0.4 is 0 Å². The second kappa shape index (κ2) is 5.83. The van der Waals surface area contributed by atoms with E-state index in [1.807, 2.05) is 51.1 Å². The fourth-order valence-electron chi connectivity index (χ4n) is 2.49. The third kappa shape index (κ3) is 3.73. The van der Waals surface area contributed by atoms with Gasteiger partial charge in [-0.25, -0.2) is 4.79 Å². The third-order valence-corrected chi connectivity index (χ3v) is 3.43. The monoisotopic (exact) mass is 277 g/mol. The summed E-state index contributed by atoms with van der Waals surface area (Å²) in [4.78, 5) is 13.9. The minimum absolute atomic E-state index is 0.202. The first kappa shape index (κ1) is 14.9. The van der Waals surface area contributed by atoms with Crippen molar-refractivity contribution in [3.63, 3.8) is 0 Å². The highest BCUT2D eigenvalue weighted by molar-refractivity contribution is 5.69. The maximum Gasteiger partial charge on any atom is 0.410 e. The van der Waals surface area contributed by atoms with Crippen LogP contribution in [0.25, 0.3) is 0 Å². The van der Waals surface area contributed by atoms with Crippen molar-refractivity contribution in [2.45, 2.75) is 51.4 Å². The van der Waals surface area contributed by atoms with E-state index in [1.54, 1.807) is 4.90 Å². The number of rotatable bonds is 2. The van der Waals surface area contributed by atoms with Gasteiger partial charge in [0, 0.05) is 6.54 Å². The minimum Gasteiger partial charge on any atom is -0.444 e. The molecule has 4 nitrogen and oxygen atoms in total. The van der Waals surface area contributed by atoms with Crippen molar-refractivity contribution >= 4 is 6.09 Å². The lowest BCUT2D eigenvalue weighted by Crippen LogP contribution is -2.43. The van der Waals surface area contributed by atoms with Crippen molar-refractivity contribution in [3.8, 4) is 0 Å². The molecule has 0 bridgehead atoms. The quantitative estimate of drug-likeness (QED) is 0.904. The third-order valence-electron chi connectivity index (χ3n) is 3.43. The summed E-state index contributed by atoms with van der Waals surface area (Å²) in [6.07, 6.45) is 0.440. The molecule has 2 atom stereocenters. The number of nitrogens with zero attached hydrogens (tertiary/aromatic N) is 1. The smallest absolute Gasteiger partial charge is 0.410 e. The van der Waals surface area contributed by atoms with Crippen molar-refractivity contribution in [1.82, 2.24) is 4.90 Å². The summed E-state index contributed by atoms with van der Waals surface area (Å²) in [6, 6.07) is 9.71. The number of likely N-dealkylation sites (tertiary alicyclic amines) is 1. The Kier molecular flexibility index (Phi) is 4.33. The highest BCUT2D eigenvalue weighted by Crippen LogP contribution is 2.24. The lowest BCUT2D eigenvalue weighted by Gasteiger charge is -2.29. The number of aliphatic hydroxyl groups excluding tert-OH is 1. The summed E-state index contributed by atoms with van der Waals surface area (Å²) >= 11 is 0. The van der Waals surface area contributed by atoms with Crippen molar-refractivity contribution in [1.29, 1.82) is 0 Å². The molecule has 0 radical (unpaired) electrons. The summed E-state index contributed by atoms with van der Waals surface area (Å²) < 4.78 is 5.41. The van der Waals surface area contributed by atoms with Crippen molar-refractivity contribution in [3.05, 3.63) is 35.9 Å². The van der Waals surface area contributed by atoms with Crippen molar-refractivity contribution in [2.75, 3.05) is 6.54 Å². The second-order valence-electron chi connectivity index (χ2n) is 6.29. The number of amides is 1. The van der Waals surface area contributed by atoms with Gasteiger partial charge in [0.2, 0.25) is 0 Å². The average Bonchev–Trinajstić information content (AvgIpc) is 2.70. The van der Waals surface area contributed by atoms with Gasteiger partial charge in [0.05, 0.1) is 12.1 Å². The van der Waals surface area contributed by atoms with Gasteiger partial charge in [-0.2, -0.15) is 0 Å². The Hall–Kier alpha value is -1.55. The van der Waals surface area contributed by atoms with Crippen LogP contribution in [0.4, 0.5) is 4.79 Å². The van der Waals surface area contributed by atoms with Crippen LogP contribution in [-0.4, -0.2) is 40.4 Å². The molecule has 1 aromatic rings. The van der Waals surface area contributed by atoms with Gasteiger partial charge in [-0.15, -0.1) is 0 Å². The summed E-state index contributed by atoms with van der Waals surface area (Å²) in [5.74, 6) is 0. The topological polar surface area (TPSA) is 49.8 Å². The van der Waals surface area contributed by atoms with Crippen LogP contribution in [-0.2, 0) is 11.2 Å². The molecule has 1 heterocycles. The lowest BCUT2D eigenvalue weighted by molar-refractivity contribution is 0.0156. The molecule has 1 aliphatic rings. The molecule has 110 valence electrons. The highest BCUT2D eigenvalue weighted by atomic mass is 16.6. The van der Waals surface area contributed by atoms with E-state index in [4.69, 9.17) is 4.74 Å². The summed E-state index contributed by atoms with van der Waals surface area (Å²) in [6.45, 7) is 6.10. The fraction of sp³-hybridized carbons (Fsp3) is 0.562. The number of benzene rings is 1. The molecule has 0 aliphatic carbocycles. The number of ether oxygens (including phenoxy) is 1. The molecular formula is C16H23NO3. The molecule has 1 N–H and O–H groups in total. The molecular weight excluding hydrogens is 254 g/mol. The van der Waals surface area contributed by atoms with Gasteiger partial charge in [-0.3, -0.25) is 0 Å². The van der Waals surface area contributed by atoms with E-state index in [9.17, 15) is 9.90 Å². The molecule has 1 saturated heterocycles. The van der Waals surface area contributed by atoms with E-state index in [0.29, 0.717) is 19.4 Å². The largest absolute Gasteiger partial charge is 0.444 e. The Labute approximate surface area is 120 Å². The Morgan fingerprint density at radius 2 is 2.00 bits per heavy atom. The molecule has 1 amide bonds. The summed E-state index contributed by atoms with van der Waals surface area (Å²) in [5.41, 5.74) is 0.606. The molecule has 1 fully saturated rings. The molecule has 1 aliphatic heterocycles. The number of carbonyl (C=O) groups excluding carboxylic acids is 1. The first-order valence-corrected chi connectivity index (χ1v) is 7.08. The molecule has 4 heteroatoms. The zero-order valence-corrected chi connectivity index (χ0v) is 12.4. The number of aliphatic hydroxyl groups is 1. The van der Waals surface area contributed by atoms with E-state index in [2.05, 4.69) is 0 Å². The van der Waals surface area contributed by atoms with Crippen LogP contribution in [0, 0.1) is 0 Å². The highest BCUT2D eigenvalue weighted by Gasteiger charge is 2.37. The second-order valence-corrected chi connectivity index (χ2v) is 6.29. The summed E-state index contributed by atoms with van der Waals surface area (Å²) in [7, 11) is 0. The van der Waals surface area contributed by atoms with Gasteiger partial charge in [0.25, 0.3) is 0 Å². The number of hydrogen-bond donors (Lipinski definition) is 1. The van der Waals surface area contributed by atoms with Crippen LogP contribution in [0.15, 0.2) is 30.3 Å².